The molecule has 6 nitrogen and oxygen atoms in total. The molecule has 0 saturated carbocycles. The lowest BCUT2D eigenvalue weighted by molar-refractivity contribution is 0.0698. The van der Waals surface area contributed by atoms with E-state index in [4.69, 9.17) is 5.11 Å². The lowest BCUT2D eigenvalue weighted by Gasteiger charge is -2.07. The van der Waals surface area contributed by atoms with Crippen LogP contribution in [0.25, 0.3) is 0 Å². The van der Waals surface area contributed by atoms with E-state index in [9.17, 15) is 13.2 Å². The Labute approximate surface area is 93.2 Å². The number of hydrogen-bond donors (Lipinski definition) is 2. The Kier molecular flexibility index (Phi) is 3.83. The summed E-state index contributed by atoms with van der Waals surface area (Å²) in [5.74, 6) is -1.13. The van der Waals surface area contributed by atoms with Gasteiger partial charge >= 0.3 is 5.97 Å². The monoisotopic (exact) mass is 244 g/mol. The molecule has 88 valence electrons. The Bertz CT molecular complexity index is 484. The standard InChI is InChI=1S/C9H12N2O4S/c1-16(14,15)5-4-11-8-6-10-3-2-7(8)9(12)13/h2-3,6,11H,4-5H2,1H3,(H,12,13). The van der Waals surface area contributed by atoms with Crippen molar-refractivity contribution in [2.24, 2.45) is 0 Å². The molecule has 0 aliphatic heterocycles. The van der Waals surface area contributed by atoms with Gasteiger partial charge in [-0.05, 0) is 6.07 Å². The maximum Gasteiger partial charge on any atom is 0.337 e. The predicted octanol–water partition coefficient (Wildman–Crippen LogP) is 0.236. The number of anilines is 1. The summed E-state index contributed by atoms with van der Waals surface area (Å²) in [6, 6.07) is 1.35. The van der Waals surface area contributed by atoms with Crippen molar-refractivity contribution >= 4 is 21.5 Å². The van der Waals surface area contributed by atoms with Crippen LogP contribution in [0.1, 0.15) is 10.4 Å². The van der Waals surface area contributed by atoms with Gasteiger partial charge in [0.25, 0.3) is 0 Å². The van der Waals surface area contributed by atoms with Crippen LogP contribution < -0.4 is 5.32 Å². The fourth-order valence-corrected chi connectivity index (χ4v) is 1.57. The number of carboxylic acid groups (broad SMARTS) is 1. The Balaban J connectivity index is 2.71. The Hall–Kier alpha value is -1.63. The minimum Gasteiger partial charge on any atom is -0.478 e. The molecule has 7 heteroatoms. The fraction of sp³-hybridized carbons (Fsp3) is 0.333. The number of nitrogens with zero attached hydrogens (tertiary/aromatic N) is 1. The Morgan fingerprint density at radius 2 is 2.25 bits per heavy atom. The summed E-state index contributed by atoms with van der Waals surface area (Å²) in [5, 5.41) is 11.6. The summed E-state index contributed by atoms with van der Waals surface area (Å²) in [7, 11) is -3.06. The number of nitrogens with one attached hydrogen (secondary N) is 1. The van der Waals surface area contributed by atoms with E-state index in [1.807, 2.05) is 0 Å². The van der Waals surface area contributed by atoms with E-state index in [1.165, 1.54) is 18.5 Å². The maximum atomic E-state index is 10.9. The number of sulfone groups is 1. The van der Waals surface area contributed by atoms with E-state index in [0.717, 1.165) is 6.26 Å². The Morgan fingerprint density at radius 1 is 1.56 bits per heavy atom. The number of carbonyl (C=O) groups is 1. The van der Waals surface area contributed by atoms with Gasteiger partial charge in [-0.25, -0.2) is 13.2 Å². The van der Waals surface area contributed by atoms with E-state index in [2.05, 4.69) is 10.3 Å². The molecule has 0 radical (unpaired) electrons. The van der Waals surface area contributed by atoms with Crippen molar-refractivity contribution in [3.05, 3.63) is 24.0 Å². The lowest BCUT2D eigenvalue weighted by atomic mass is 10.2. The first-order chi connectivity index (χ1) is 7.40. The maximum absolute atomic E-state index is 10.9. The second-order valence-corrected chi connectivity index (χ2v) is 5.54. The van der Waals surface area contributed by atoms with E-state index in [-0.39, 0.29) is 17.9 Å². The SMILES string of the molecule is CS(=O)(=O)CCNc1cnccc1C(=O)O. The first-order valence-electron chi connectivity index (χ1n) is 4.49. The summed E-state index contributed by atoms with van der Waals surface area (Å²) < 4.78 is 21.7. The van der Waals surface area contributed by atoms with Crippen LogP contribution in [0.3, 0.4) is 0 Å². The summed E-state index contributed by atoms with van der Waals surface area (Å²) in [6.45, 7) is 0.158. The minimum atomic E-state index is -3.06. The number of rotatable bonds is 5. The van der Waals surface area contributed by atoms with Crippen LogP contribution in [0, 0.1) is 0 Å². The van der Waals surface area contributed by atoms with Gasteiger partial charge in [0.05, 0.1) is 23.2 Å². The van der Waals surface area contributed by atoms with Crippen molar-refractivity contribution in [2.45, 2.75) is 0 Å². The first-order valence-corrected chi connectivity index (χ1v) is 6.55. The lowest BCUT2D eigenvalue weighted by Crippen LogP contribution is -2.16. The summed E-state index contributed by atoms with van der Waals surface area (Å²) >= 11 is 0. The highest BCUT2D eigenvalue weighted by atomic mass is 32.2. The van der Waals surface area contributed by atoms with Gasteiger partial charge in [-0.1, -0.05) is 0 Å². The third-order valence-corrected chi connectivity index (χ3v) is 2.79. The average Bonchev–Trinajstić information content (AvgIpc) is 2.16. The van der Waals surface area contributed by atoms with Gasteiger partial charge in [-0.2, -0.15) is 0 Å². The molecule has 0 aliphatic rings. The zero-order valence-corrected chi connectivity index (χ0v) is 9.49. The van der Waals surface area contributed by atoms with Gasteiger partial charge in [-0.3, -0.25) is 4.98 Å². The highest BCUT2D eigenvalue weighted by molar-refractivity contribution is 7.90. The van der Waals surface area contributed by atoms with Crippen LogP contribution in [0.4, 0.5) is 5.69 Å². The van der Waals surface area contributed by atoms with Crippen molar-refractivity contribution in [1.29, 1.82) is 0 Å². The molecule has 0 spiro atoms. The molecule has 0 unspecified atom stereocenters. The van der Waals surface area contributed by atoms with Gasteiger partial charge in [-0.15, -0.1) is 0 Å². The van der Waals surface area contributed by atoms with Gasteiger partial charge in [0.1, 0.15) is 9.84 Å². The van der Waals surface area contributed by atoms with Crippen LogP contribution >= 0.6 is 0 Å². The van der Waals surface area contributed by atoms with Crippen LogP contribution in [0.5, 0.6) is 0 Å². The van der Waals surface area contributed by atoms with Crippen LogP contribution in [0.15, 0.2) is 18.5 Å². The molecule has 0 fully saturated rings. The highest BCUT2D eigenvalue weighted by Gasteiger charge is 2.09. The topological polar surface area (TPSA) is 96.4 Å². The molecule has 0 atom stereocenters. The second-order valence-electron chi connectivity index (χ2n) is 3.28. The van der Waals surface area contributed by atoms with Crippen LogP contribution in [0.2, 0.25) is 0 Å². The molecule has 0 bridgehead atoms. The molecule has 0 amide bonds. The van der Waals surface area contributed by atoms with Gasteiger partial charge < -0.3 is 10.4 Å². The highest BCUT2D eigenvalue weighted by Crippen LogP contribution is 2.12. The summed E-state index contributed by atoms with van der Waals surface area (Å²) in [4.78, 5) is 14.6. The fourth-order valence-electron chi connectivity index (χ4n) is 1.09. The van der Waals surface area contributed by atoms with Gasteiger partial charge in [0.2, 0.25) is 0 Å². The predicted molar refractivity (Wildman–Crippen MR) is 59.4 cm³/mol. The summed E-state index contributed by atoms with van der Waals surface area (Å²) in [5.41, 5.74) is 0.391. The number of carboxylic acids is 1. The zero-order chi connectivity index (χ0) is 12.2. The molecular formula is C9H12N2O4S. The van der Waals surface area contributed by atoms with E-state index < -0.39 is 15.8 Å². The van der Waals surface area contributed by atoms with Crippen molar-refractivity contribution < 1.29 is 18.3 Å². The first kappa shape index (κ1) is 12.4. The molecule has 0 aliphatic carbocycles. The smallest absolute Gasteiger partial charge is 0.337 e. The number of aromatic nitrogens is 1. The number of hydrogen-bond acceptors (Lipinski definition) is 5. The molecule has 1 rings (SSSR count). The summed E-state index contributed by atoms with van der Waals surface area (Å²) in [6.07, 6.45) is 3.84. The average molecular weight is 244 g/mol. The van der Waals surface area contributed by atoms with Gasteiger partial charge in [0, 0.05) is 19.0 Å². The van der Waals surface area contributed by atoms with Gasteiger partial charge in [0.15, 0.2) is 0 Å². The third-order valence-electron chi connectivity index (χ3n) is 1.84. The molecule has 1 heterocycles. The Morgan fingerprint density at radius 3 is 2.81 bits per heavy atom. The number of pyridine rings is 1. The van der Waals surface area contributed by atoms with Crippen molar-refractivity contribution in [2.75, 3.05) is 23.9 Å². The largest absolute Gasteiger partial charge is 0.478 e. The van der Waals surface area contributed by atoms with Crippen LogP contribution in [-0.2, 0) is 9.84 Å². The third kappa shape index (κ3) is 3.85. The second kappa shape index (κ2) is 4.93. The molecule has 16 heavy (non-hydrogen) atoms. The normalized spacial score (nSPS) is 11.1. The van der Waals surface area contributed by atoms with Crippen LogP contribution in [-0.4, -0.2) is 43.0 Å². The quantitative estimate of drug-likeness (QED) is 0.770. The van der Waals surface area contributed by atoms with Crippen molar-refractivity contribution in [3.63, 3.8) is 0 Å². The van der Waals surface area contributed by atoms with Crippen molar-refractivity contribution in [1.82, 2.24) is 4.98 Å². The molecule has 1 aromatic heterocycles. The van der Waals surface area contributed by atoms with E-state index in [1.54, 1.807) is 0 Å². The minimum absolute atomic E-state index is 0.0546. The zero-order valence-electron chi connectivity index (χ0n) is 8.67. The molecule has 1 aromatic rings. The number of aromatic carboxylic acids is 1. The van der Waals surface area contributed by atoms with E-state index >= 15 is 0 Å². The van der Waals surface area contributed by atoms with E-state index in [0.29, 0.717) is 5.69 Å². The van der Waals surface area contributed by atoms with Crippen molar-refractivity contribution in [3.8, 4) is 0 Å². The molecule has 0 saturated heterocycles. The molecular weight excluding hydrogens is 232 g/mol. The molecule has 0 aromatic carbocycles. The molecule has 2 N–H and O–H groups in total.